The molecule has 0 aliphatic carbocycles. The van der Waals surface area contributed by atoms with E-state index in [9.17, 15) is 0 Å². The van der Waals surface area contributed by atoms with Gasteiger partial charge in [-0.25, -0.2) is 0 Å². The molecule has 0 spiro atoms. The van der Waals surface area contributed by atoms with Crippen molar-refractivity contribution in [3.05, 3.63) is 48.2 Å². The van der Waals surface area contributed by atoms with Crippen LogP contribution in [0.25, 0.3) is 0 Å². The molecule has 1 nitrogen and oxygen atoms in total. The van der Waals surface area contributed by atoms with E-state index in [4.69, 9.17) is 0 Å². The van der Waals surface area contributed by atoms with Crippen LogP contribution in [-0.4, -0.2) is 18.5 Å². The zero-order valence-corrected chi connectivity index (χ0v) is 9.80. The van der Waals surface area contributed by atoms with Gasteiger partial charge in [-0.15, -0.1) is 0 Å². The van der Waals surface area contributed by atoms with E-state index in [-0.39, 0.29) is 0 Å². The number of hydrogen-bond donors (Lipinski definition) is 0. The monoisotopic (exact) mass is 191 g/mol. The molecule has 1 heterocycles. The number of allylic oxidation sites excluding steroid dienone is 4. The fourth-order valence-electron chi connectivity index (χ4n) is 1.46. The predicted molar refractivity (Wildman–Crippen MR) is 65.2 cm³/mol. The lowest BCUT2D eigenvalue weighted by molar-refractivity contribution is 0.503. The van der Waals surface area contributed by atoms with Gasteiger partial charge in [-0.3, -0.25) is 0 Å². The first-order chi connectivity index (χ1) is 6.70. The summed E-state index contributed by atoms with van der Waals surface area (Å²) in [6, 6.07) is 0. The zero-order valence-electron chi connectivity index (χ0n) is 9.80. The largest absolute Gasteiger partial charge is 0.370 e. The number of likely N-dealkylation sites (N-methyl/N-ethyl adjacent to an activating group) is 1. The molecule has 1 rings (SSSR count). The van der Waals surface area contributed by atoms with E-state index in [0.29, 0.717) is 0 Å². The van der Waals surface area contributed by atoms with E-state index in [1.165, 1.54) is 11.1 Å². The van der Waals surface area contributed by atoms with E-state index in [0.717, 1.165) is 12.2 Å². The zero-order chi connectivity index (χ0) is 11.1. The van der Waals surface area contributed by atoms with E-state index in [2.05, 4.69) is 31.2 Å². The van der Waals surface area contributed by atoms with Gasteiger partial charge in [-0.1, -0.05) is 45.2 Å². The first-order valence-electron chi connectivity index (χ1n) is 5.09. The topological polar surface area (TPSA) is 3.24 Å². The summed E-state index contributed by atoms with van der Waals surface area (Å²) in [7, 11) is 2.05. The fourth-order valence-corrected chi connectivity index (χ4v) is 1.46. The molecule has 0 N–H and O–H groups in total. The summed E-state index contributed by atoms with van der Waals surface area (Å²) < 4.78 is 0. The molecule has 78 valence electrons. The third-order valence-corrected chi connectivity index (χ3v) is 2.13. The average Bonchev–Trinajstić information content (AvgIpc) is 2.46. The molecule has 1 saturated heterocycles. The maximum absolute atomic E-state index is 4.00. The summed E-state index contributed by atoms with van der Waals surface area (Å²) in [6.45, 7) is 14.7. The average molecular weight is 191 g/mol. The molecule has 0 amide bonds. The van der Waals surface area contributed by atoms with Crippen molar-refractivity contribution in [1.82, 2.24) is 4.90 Å². The van der Waals surface area contributed by atoms with Gasteiger partial charge in [0.2, 0.25) is 0 Å². The lowest BCUT2D eigenvalue weighted by atomic mass is 10.1. The lowest BCUT2D eigenvalue weighted by Crippen LogP contribution is -2.09. The van der Waals surface area contributed by atoms with Crippen molar-refractivity contribution in [3.8, 4) is 0 Å². The highest BCUT2D eigenvalue weighted by atomic mass is 15.1. The third kappa shape index (κ3) is 2.63. The standard InChI is InChI=1S/C11H15N.C2H6/c1-5-7-10-8-12(4)9(3)11(10)6-2;1-2/h5-7H,1,3,8H2,2,4H3;1-2H3/b10-7-,11-6-;. The summed E-state index contributed by atoms with van der Waals surface area (Å²) in [5, 5.41) is 0. The first kappa shape index (κ1) is 12.8. The summed E-state index contributed by atoms with van der Waals surface area (Å²) >= 11 is 0. The summed E-state index contributed by atoms with van der Waals surface area (Å²) in [4.78, 5) is 2.14. The lowest BCUT2D eigenvalue weighted by Gasteiger charge is -2.09. The van der Waals surface area contributed by atoms with Gasteiger partial charge in [-0.05, 0) is 18.1 Å². The predicted octanol–water partition coefficient (Wildman–Crippen LogP) is 3.53. The van der Waals surface area contributed by atoms with Crippen LogP contribution in [0.2, 0.25) is 0 Å². The first-order valence-corrected chi connectivity index (χ1v) is 5.09. The summed E-state index contributed by atoms with van der Waals surface area (Å²) in [5.74, 6) is 0. The second-order valence-electron chi connectivity index (χ2n) is 2.93. The fraction of sp³-hybridized carbons (Fsp3) is 0.385. The molecule has 0 aromatic carbocycles. The van der Waals surface area contributed by atoms with Crippen molar-refractivity contribution in [2.75, 3.05) is 13.6 Å². The van der Waals surface area contributed by atoms with Crippen LogP contribution < -0.4 is 0 Å². The molecule has 1 fully saturated rings. The Morgan fingerprint density at radius 3 is 2.36 bits per heavy atom. The van der Waals surface area contributed by atoms with Gasteiger partial charge < -0.3 is 4.90 Å². The minimum absolute atomic E-state index is 0.949. The van der Waals surface area contributed by atoms with Gasteiger partial charge in [0.25, 0.3) is 0 Å². The molecular formula is C13H21N. The number of likely N-dealkylation sites (tertiary alicyclic amines) is 1. The maximum Gasteiger partial charge on any atom is 0.0432 e. The molecule has 1 aliphatic rings. The van der Waals surface area contributed by atoms with E-state index in [1.54, 1.807) is 0 Å². The van der Waals surface area contributed by atoms with Crippen molar-refractivity contribution in [2.45, 2.75) is 20.8 Å². The summed E-state index contributed by atoms with van der Waals surface area (Å²) in [6.07, 6.45) is 5.97. The maximum atomic E-state index is 4.00. The van der Waals surface area contributed by atoms with Crippen LogP contribution in [0, 0.1) is 0 Å². The van der Waals surface area contributed by atoms with Gasteiger partial charge >= 0.3 is 0 Å². The Bertz CT molecular complexity index is 269. The molecule has 0 unspecified atom stereocenters. The van der Waals surface area contributed by atoms with Crippen molar-refractivity contribution in [2.24, 2.45) is 0 Å². The summed E-state index contributed by atoms with van der Waals surface area (Å²) in [5.41, 5.74) is 3.66. The van der Waals surface area contributed by atoms with Crippen LogP contribution in [0.15, 0.2) is 48.2 Å². The molecule has 1 heteroatoms. The highest BCUT2D eigenvalue weighted by Crippen LogP contribution is 2.28. The van der Waals surface area contributed by atoms with E-state index >= 15 is 0 Å². The smallest absolute Gasteiger partial charge is 0.0432 e. The van der Waals surface area contributed by atoms with Gasteiger partial charge in [0.1, 0.15) is 0 Å². The molecule has 0 aromatic rings. The van der Waals surface area contributed by atoms with Crippen molar-refractivity contribution in [3.63, 3.8) is 0 Å². The van der Waals surface area contributed by atoms with Crippen molar-refractivity contribution < 1.29 is 0 Å². The Balaban J connectivity index is 0.000000791. The van der Waals surface area contributed by atoms with Crippen LogP contribution >= 0.6 is 0 Å². The molecule has 0 atom stereocenters. The van der Waals surface area contributed by atoms with Crippen LogP contribution in [0.5, 0.6) is 0 Å². The Hall–Kier alpha value is -1.24. The highest BCUT2D eigenvalue weighted by Gasteiger charge is 2.20. The molecule has 0 bridgehead atoms. The van der Waals surface area contributed by atoms with Gasteiger partial charge in [0.05, 0.1) is 0 Å². The van der Waals surface area contributed by atoms with Crippen LogP contribution in [0.1, 0.15) is 20.8 Å². The molecule has 1 aliphatic heterocycles. The molecule has 0 radical (unpaired) electrons. The van der Waals surface area contributed by atoms with Crippen LogP contribution in [0.4, 0.5) is 0 Å². The molecule has 0 aromatic heterocycles. The highest BCUT2D eigenvalue weighted by molar-refractivity contribution is 5.51. The van der Waals surface area contributed by atoms with Crippen molar-refractivity contribution in [1.29, 1.82) is 0 Å². The molecule has 0 saturated carbocycles. The number of hydrogen-bond acceptors (Lipinski definition) is 1. The Morgan fingerprint density at radius 1 is 1.36 bits per heavy atom. The van der Waals surface area contributed by atoms with Gasteiger partial charge in [-0.2, -0.15) is 0 Å². The molecular weight excluding hydrogens is 170 g/mol. The van der Waals surface area contributed by atoms with E-state index in [1.807, 2.05) is 32.9 Å². The Labute approximate surface area is 88.1 Å². The quantitative estimate of drug-likeness (QED) is 0.613. The minimum atomic E-state index is 0.949. The SMILES string of the molecule is C=C/C=C1/CN(C)C(=C)/C1=C/C.CC. The molecule has 14 heavy (non-hydrogen) atoms. The van der Waals surface area contributed by atoms with Crippen LogP contribution in [0.3, 0.4) is 0 Å². The Kier molecular flexibility index (Phi) is 5.70. The third-order valence-electron chi connectivity index (χ3n) is 2.13. The van der Waals surface area contributed by atoms with Crippen LogP contribution in [-0.2, 0) is 0 Å². The second kappa shape index (κ2) is 6.25. The van der Waals surface area contributed by atoms with Gasteiger partial charge in [0.15, 0.2) is 0 Å². The number of nitrogens with zero attached hydrogens (tertiary/aromatic N) is 1. The van der Waals surface area contributed by atoms with E-state index < -0.39 is 0 Å². The van der Waals surface area contributed by atoms with Gasteiger partial charge in [0, 0.05) is 19.3 Å². The number of rotatable bonds is 1. The normalized spacial score (nSPS) is 21.1. The minimum Gasteiger partial charge on any atom is -0.370 e. The van der Waals surface area contributed by atoms with Crippen molar-refractivity contribution >= 4 is 0 Å². The second-order valence-corrected chi connectivity index (χ2v) is 2.93. The Morgan fingerprint density at radius 2 is 1.93 bits per heavy atom.